The lowest BCUT2D eigenvalue weighted by Gasteiger charge is -2.35. The summed E-state index contributed by atoms with van der Waals surface area (Å²) in [5, 5.41) is 13.1. The summed E-state index contributed by atoms with van der Waals surface area (Å²) < 4.78 is 5.65. The minimum Gasteiger partial charge on any atom is -0.377 e. The van der Waals surface area contributed by atoms with Crippen molar-refractivity contribution in [2.75, 3.05) is 19.4 Å². The number of rotatable bonds is 4. The van der Waals surface area contributed by atoms with E-state index in [9.17, 15) is 5.26 Å². The molecule has 1 N–H and O–H groups in total. The fraction of sp³-hybridized carbons (Fsp3) is 0.923. The number of nitrogens with zero attached hydrogens (tertiary/aromatic N) is 1. The molecule has 2 fully saturated rings. The molecule has 1 aliphatic carbocycles. The van der Waals surface area contributed by atoms with Gasteiger partial charge in [-0.15, -0.1) is 0 Å². The van der Waals surface area contributed by atoms with Gasteiger partial charge in [-0.25, -0.2) is 0 Å². The highest BCUT2D eigenvalue weighted by atomic mass is 32.2. The Morgan fingerprint density at radius 2 is 2.35 bits per heavy atom. The van der Waals surface area contributed by atoms with Crippen molar-refractivity contribution in [3.05, 3.63) is 0 Å². The van der Waals surface area contributed by atoms with Gasteiger partial charge >= 0.3 is 0 Å². The van der Waals surface area contributed by atoms with Crippen molar-refractivity contribution >= 4 is 11.8 Å². The maximum atomic E-state index is 9.29. The molecule has 0 amide bonds. The Balaban J connectivity index is 1.79. The first-order valence-electron chi connectivity index (χ1n) is 6.61. The van der Waals surface area contributed by atoms with Crippen LogP contribution < -0.4 is 5.32 Å². The Morgan fingerprint density at radius 3 is 3.00 bits per heavy atom. The molecule has 0 radical (unpaired) electrons. The first kappa shape index (κ1) is 13.2. The van der Waals surface area contributed by atoms with Gasteiger partial charge in [0.1, 0.15) is 5.54 Å². The van der Waals surface area contributed by atoms with Gasteiger partial charge in [0.25, 0.3) is 0 Å². The van der Waals surface area contributed by atoms with Crippen LogP contribution in [0, 0.1) is 11.3 Å². The van der Waals surface area contributed by atoms with Crippen molar-refractivity contribution < 1.29 is 4.74 Å². The average molecular weight is 254 g/mol. The zero-order chi connectivity index (χ0) is 12.1. The average Bonchev–Trinajstić information content (AvgIpc) is 2.90. The van der Waals surface area contributed by atoms with Gasteiger partial charge in [-0.3, -0.25) is 0 Å². The number of hydrogen-bond acceptors (Lipinski definition) is 4. The second kappa shape index (κ2) is 6.08. The number of ether oxygens (including phenoxy) is 1. The molecule has 0 aromatic heterocycles. The third-order valence-corrected chi connectivity index (χ3v) is 5.38. The van der Waals surface area contributed by atoms with Crippen molar-refractivity contribution in [1.82, 2.24) is 5.32 Å². The van der Waals surface area contributed by atoms with Crippen LogP contribution in [0.5, 0.6) is 0 Å². The Hall–Kier alpha value is -0.240. The van der Waals surface area contributed by atoms with Crippen LogP contribution in [0.1, 0.15) is 38.5 Å². The predicted octanol–water partition coefficient (Wildman–Crippen LogP) is 2.32. The molecule has 3 nitrogen and oxygen atoms in total. The van der Waals surface area contributed by atoms with E-state index in [1.807, 2.05) is 18.8 Å². The number of nitriles is 1. The molecule has 2 aliphatic rings. The molecule has 17 heavy (non-hydrogen) atoms. The van der Waals surface area contributed by atoms with E-state index in [2.05, 4.69) is 11.4 Å². The summed E-state index contributed by atoms with van der Waals surface area (Å²) in [6, 6.07) is 2.47. The highest BCUT2D eigenvalue weighted by Crippen LogP contribution is 2.35. The Bertz CT molecular complexity index is 286. The molecule has 3 unspecified atom stereocenters. The molecule has 0 aromatic rings. The van der Waals surface area contributed by atoms with Crippen LogP contribution in [0.25, 0.3) is 0 Å². The Morgan fingerprint density at radius 1 is 1.47 bits per heavy atom. The lowest BCUT2D eigenvalue weighted by atomic mass is 9.83. The molecule has 2 rings (SSSR count). The number of thioether (sulfide) groups is 1. The zero-order valence-electron chi connectivity index (χ0n) is 10.6. The van der Waals surface area contributed by atoms with E-state index in [1.54, 1.807) is 0 Å². The topological polar surface area (TPSA) is 45.0 Å². The first-order valence-corrected chi connectivity index (χ1v) is 7.66. The number of hydrogen-bond donors (Lipinski definition) is 1. The quantitative estimate of drug-likeness (QED) is 0.836. The molecule has 0 spiro atoms. The van der Waals surface area contributed by atoms with Crippen molar-refractivity contribution in [3.8, 4) is 6.07 Å². The van der Waals surface area contributed by atoms with Crippen LogP contribution in [0.15, 0.2) is 0 Å². The summed E-state index contributed by atoms with van der Waals surface area (Å²) in [5.74, 6) is 1.11. The van der Waals surface area contributed by atoms with Crippen LogP contribution in [0.2, 0.25) is 0 Å². The maximum Gasteiger partial charge on any atom is 0.107 e. The van der Waals surface area contributed by atoms with Gasteiger partial charge in [0, 0.05) is 17.6 Å². The SMILES string of the molecule is CNC1(C#N)CCCC(SCC2CCCO2)C1. The third kappa shape index (κ3) is 3.37. The van der Waals surface area contributed by atoms with E-state index < -0.39 is 0 Å². The molecule has 1 heterocycles. The van der Waals surface area contributed by atoms with Gasteiger partial charge < -0.3 is 10.1 Å². The summed E-state index contributed by atoms with van der Waals surface area (Å²) in [5.41, 5.74) is -0.271. The van der Waals surface area contributed by atoms with Gasteiger partial charge in [-0.05, 0) is 45.6 Å². The van der Waals surface area contributed by atoms with Crippen LogP contribution in [-0.2, 0) is 4.74 Å². The van der Waals surface area contributed by atoms with E-state index >= 15 is 0 Å². The molecule has 1 aliphatic heterocycles. The van der Waals surface area contributed by atoms with Gasteiger partial charge in [-0.2, -0.15) is 17.0 Å². The normalized spacial score (nSPS) is 37.9. The van der Waals surface area contributed by atoms with Crippen molar-refractivity contribution in [3.63, 3.8) is 0 Å². The highest BCUT2D eigenvalue weighted by molar-refractivity contribution is 7.99. The molecule has 4 heteroatoms. The van der Waals surface area contributed by atoms with Crippen LogP contribution in [0.4, 0.5) is 0 Å². The standard InChI is InChI=1S/C13H22N2OS/c1-15-13(10-14)6-2-5-12(8-13)17-9-11-4-3-7-16-11/h11-12,15H,2-9H2,1H3. The van der Waals surface area contributed by atoms with Gasteiger partial charge in [0.05, 0.1) is 12.2 Å². The van der Waals surface area contributed by atoms with Gasteiger partial charge in [0.15, 0.2) is 0 Å². The largest absolute Gasteiger partial charge is 0.377 e. The fourth-order valence-corrected chi connectivity index (χ4v) is 4.26. The molecule has 1 saturated heterocycles. The molecule has 96 valence electrons. The lowest BCUT2D eigenvalue weighted by Crippen LogP contribution is -2.46. The lowest BCUT2D eigenvalue weighted by molar-refractivity contribution is 0.128. The van der Waals surface area contributed by atoms with Crippen LogP contribution in [-0.4, -0.2) is 36.3 Å². The second-order valence-electron chi connectivity index (χ2n) is 5.13. The first-order chi connectivity index (χ1) is 8.28. The smallest absolute Gasteiger partial charge is 0.107 e. The monoisotopic (exact) mass is 254 g/mol. The zero-order valence-corrected chi connectivity index (χ0v) is 11.4. The molecular formula is C13H22N2OS. The van der Waals surface area contributed by atoms with Gasteiger partial charge in [-0.1, -0.05) is 0 Å². The van der Waals surface area contributed by atoms with E-state index in [1.165, 1.54) is 19.3 Å². The molecule has 0 bridgehead atoms. The second-order valence-corrected chi connectivity index (χ2v) is 6.46. The Kier molecular flexibility index (Phi) is 4.72. The summed E-state index contributed by atoms with van der Waals surface area (Å²) in [6.45, 7) is 0.939. The Labute approximate surface area is 108 Å². The van der Waals surface area contributed by atoms with E-state index in [4.69, 9.17) is 4.74 Å². The maximum absolute atomic E-state index is 9.29. The fourth-order valence-electron chi connectivity index (χ4n) is 2.77. The van der Waals surface area contributed by atoms with Crippen molar-refractivity contribution in [2.45, 2.75) is 55.4 Å². The summed E-state index contributed by atoms with van der Waals surface area (Å²) in [7, 11) is 1.91. The van der Waals surface area contributed by atoms with E-state index in [-0.39, 0.29) is 5.54 Å². The van der Waals surface area contributed by atoms with Crippen LogP contribution >= 0.6 is 11.8 Å². The third-order valence-electron chi connectivity index (χ3n) is 3.94. The highest BCUT2D eigenvalue weighted by Gasteiger charge is 2.35. The molecule has 0 aromatic carbocycles. The molecule has 1 saturated carbocycles. The number of nitrogens with one attached hydrogen (secondary N) is 1. The summed E-state index contributed by atoms with van der Waals surface area (Å²) >= 11 is 2.01. The van der Waals surface area contributed by atoms with Gasteiger partial charge in [0.2, 0.25) is 0 Å². The summed E-state index contributed by atoms with van der Waals surface area (Å²) in [4.78, 5) is 0. The van der Waals surface area contributed by atoms with E-state index in [0.29, 0.717) is 11.4 Å². The van der Waals surface area contributed by atoms with Crippen molar-refractivity contribution in [2.24, 2.45) is 0 Å². The van der Waals surface area contributed by atoms with Crippen LogP contribution in [0.3, 0.4) is 0 Å². The molecular weight excluding hydrogens is 232 g/mol. The molecule has 3 atom stereocenters. The van der Waals surface area contributed by atoms with Crippen molar-refractivity contribution in [1.29, 1.82) is 5.26 Å². The summed E-state index contributed by atoms with van der Waals surface area (Å²) in [6.07, 6.45) is 7.30. The predicted molar refractivity (Wildman–Crippen MR) is 71.1 cm³/mol. The minimum absolute atomic E-state index is 0.271. The van der Waals surface area contributed by atoms with E-state index in [0.717, 1.165) is 31.6 Å². The minimum atomic E-state index is -0.271.